The van der Waals surface area contributed by atoms with Crippen molar-refractivity contribution in [1.82, 2.24) is 4.90 Å². The van der Waals surface area contributed by atoms with Crippen LogP contribution in [0.2, 0.25) is 0 Å². The molecule has 0 saturated carbocycles. The second kappa shape index (κ2) is 4.71. The molecule has 0 atom stereocenters. The molecule has 0 rings (SSSR count). The molecule has 2 amide bonds. The molecule has 0 fully saturated rings. The molecule has 64 valence electrons. The van der Waals surface area contributed by atoms with Gasteiger partial charge in [-0.3, -0.25) is 9.59 Å². The van der Waals surface area contributed by atoms with E-state index < -0.39 is 5.91 Å². The number of amides is 2. The summed E-state index contributed by atoms with van der Waals surface area (Å²) in [5.74, 6) is -0.780. The highest BCUT2D eigenvalue weighted by Gasteiger charge is 2.09. The Morgan fingerprint density at radius 2 is 2.00 bits per heavy atom. The van der Waals surface area contributed by atoms with Crippen molar-refractivity contribution >= 4 is 11.8 Å². The molecular weight excluding hydrogens is 144 g/mol. The minimum absolute atomic E-state index is 0.184. The fourth-order valence-corrected chi connectivity index (χ4v) is 0.744. The lowest BCUT2D eigenvalue weighted by molar-refractivity contribution is -0.134. The number of hydrogen-bond acceptors (Lipinski definition) is 2. The molecule has 0 bridgehead atoms. The standard InChI is InChI=1S/C7H14N2O2/c1-3-4-9(2)7(11)5-6(8)10/h3-5H2,1-2H3,(H2,8,10). The number of nitrogens with zero attached hydrogens (tertiary/aromatic N) is 1. The fraction of sp³-hybridized carbons (Fsp3) is 0.714. The van der Waals surface area contributed by atoms with Crippen LogP contribution in [0.25, 0.3) is 0 Å². The lowest BCUT2D eigenvalue weighted by Crippen LogP contribution is -2.31. The molecule has 4 heteroatoms. The first-order valence-electron chi connectivity index (χ1n) is 3.60. The topological polar surface area (TPSA) is 63.4 Å². The van der Waals surface area contributed by atoms with Crippen LogP contribution in [0.15, 0.2) is 0 Å². The summed E-state index contributed by atoms with van der Waals surface area (Å²) < 4.78 is 0. The smallest absolute Gasteiger partial charge is 0.231 e. The molecule has 0 aliphatic carbocycles. The van der Waals surface area contributed by atoms with E-state index in [9.17, 15) is 9.59 Å². The van der Waals surface area contributed by atoms with Crippen molar-refractivity contribution in [2.45, 2.75) is 19.8 Å². The quantitative estimate of drug-likeness (QED) is 0.572. The highest BCUT2D eigenvalue weighted by atomic mass is 16.2. The van der Waals surface area contributed by atoms with E-state index in [2.05, 4.69) is 0 Å². The van der Waals surface area contributed by atoms with Crippen LogP contribution in [0, 0.1) is 0 Å². The number of nitrogens with two attached hydrogens (primary N) is 1. The van der Waals surface area contributed by atoms with Gasteiger partial charge in [-0.05, 0) is 6.42 Å². The van der Waals surface area contributed by atoms with E-state index in [0.717, 1.165) is 6.42 Å². The molecule has 0 saturated heterocycles. The van der Waals surface area contributed by atoms with Crippen LogP contribution in [0.3, 0.4) is 0 Å². The number of rotatable bonds is 4. The first-order valence-corrected chi connectivity index (χ1v) is 3.60. The molecule has 0 spiro atoms. The summed E-state index contributed by atoms with van der Waals surface area (Å²) >= 11 is 0. The third kappa shape index (κ3) is 4.36. The number of carbonyl (C=O) groups excluding carboxylic acids is 2. The van der Waals surface area contributed by atoms with Crippen molar-refractivity contribution in [2.24, 2.45) is 5.73 Å². The Balaban J connectivity index is 3.73. The van der Waals surface area contributed by atoms with Crippen LogP contribution in [0.4, 0.5) is 0 Å². The van der Waals surface area contributed by atoms with E-state index in [4.69, 9.17) is 5.73 Å². The lowest BCUT2D eigenvalue weighted by Gasteiger charge is -2.14. The summed E-state index contributed by atoms with van der Waals surface area (Å²) in [6, 6.07) is 0. The summed E-state index contributed by atoms with van der Waals surface area (Å²) in [7, 11) is 1.66. The highest BCUT2D eigenvalue weighted by Crippen LogP contribution is 1.91. The van der Waals surface area contributed by atoms with Gasteiger partial charge in [0.25, 0.3) is 0 Å². The number of hydrogen-bond donors (Lipinski definition) is 1. The van der Waals surface area contributed by atoms with Crippen molar-refractivity contribution in [1.29, 1.82) is 0 Å². The Bertz CT molecular complexity index is 157. The van der Waals surface area contributed by atoms with Gasteiger partial charge < -0.3 is 10.6 Å². The third-order valence-electron chi connectivity index (χ3n) is 1.31. The summed E-state index contributed by atoms with van der Waals surface area (Å²) in [6.07, 6.45) is 0.706. The predicted octanol–water partition coefficient (Wildman–Crippen LogP) is -0.270. The SMILES string of the molecule is CCCN(C)C(=O)CC(N)=O. The van der Waals surface area contributed by atoms with Crippen molar-refractivity contribution in [3.05, 3.63) is 0 Å². The molecule has 4 nitrogen and oxygen atoms in total. The molecule has 0 unspecified atom stereocenters. The lowest BCUT2D eigenvalue weighted by atomic mass is 10.3. The molecular formula is C7H14N2O2. The molecule has 0 aliphatic rings. The molecule has 2 N–H and O–H groups in total. The van der Waals surface area contributed by atoms with Gasteiger partial charge in [-0.2, -0.15) is 0 Å². The summed E-state index contributed by atoms with van der Waals surface area (Å²) in [6.45, 7) is 2.64. The minimum Gasteiger partial charge on any atom is -0.369 e. The minimum atomic E-state index is -0.571. The van der Waals surface area contributed by atoms with Crippen molar-refractivity contribution in [2.75, 3.05) is 13.6 Å². The maximum absolute atomic E-state index is 11.0. The van der Waals surface area contributed by atoms with Gasteiger partial charge >= 0.3 is 0 Å². The number of carbonyl (C=O) groups is 2. The average Bonchev–Trinajstić information content (AvgIpc) is 1.86. The van der Waals surface area contributed by atoms with Crippen LogP contribution >= 0.6 is 0 Å². The van der Waals surface area contributed by atoms with Gasteiger partial charge in [-0.1, -0.05) is 6.92 Å². The van der Waals surface area contributed by atoms with Crippen molar-refractivity contribution < 1.29 is 9.59 Å². The van der Waals surface area contributed by atoms with Crippen LogP contribution in [0.1, 0.15) is 19.8 Å². The molecule has 0 heterocycles. The monoisotopic (exact) mass is 158 g/mol. The Kier molecular flexibility index (Phi) is 4.26. The van der Waals surface area contributed by atoms with Crippen molar-refractivity contribution in [3.8, 4) is 0 Å². The zero-order chi connectivity index (χ0) is 8.85. The van der Waals surface area contributed by atoms with Gasteiger partial charge in [-0.25, -0.2) is 0 Å². The van der Waals surface area contributed by atoms with E-state index in [-0.39, 0.29) is 12.3 Å². The van der Waals surface area contributed by atoms with E-state index in [0.29, 0.717) is 6.54 Å². The summed E-state index contributed by atoms with van der Waals surface area (Å²) in [5, 5.41) is 0. The maximum Gasteiger partial charge on any atom is 0.231 e. The molecule has 0 aliphatic heterocycles. The second-order valence-corrected chi connectivity index (χ2v) is 2.46. The van der Waals surface area contributed by atoms with Crippen LogP contribution < -0.4 is 5.73 Å². The van der Waals surface area contributed by atoms with E-state index in [1.165, 1.54) is 4.90 Å². The van der Waals surface area contributed by atoms with Crippen LogP contribution in [-0.2, 0) is 9.59 Å². The first-order chi connectivity index (χ1) is 5.07. The number of primary amides is 1. The van der Waals surface area contributed by atoms with Crippen LogP contribution in [0.5, 0.6) is 0 Å². The Hall–Kier alpha value is -1.06. The molecule has 0 aromatic rings. The van der Waals surface area contributed by atoms with Gasteiger partial charge in [0.1, 0.15) is 6.42 Å². The highest BCUT2D eigenvalue weighted by molar-refractivity contribution is 5.95. The Labute approximate surface area is 66.4 Å². The molecule has 11 heavy (non-hydrogen) atoms. The zero-order valence-corrected chi connectivity index (χ0v) is 6.96. The summed E-state index contributed by atoms with van der Waals surface area (Å²) in [5.41, 5.74) is 4.84. The van der Waals surface area contributed by atoms with Crippen molar-refractivity contribution in [3.63, 3.8) is 0 Å². The van der Waals surface area contributed by atoms with Gasteiger partial charge in [0.2, 0.25) is 11.8 Å². The largest absolute Gasteiger partial charge is 0.369 e. The normalized spacial score (nSPS) is 9.27. The molecule has 0 aromatic heterocycles. The zero-order valence-electron chi connectivity index (χ0n) is 6.96. The summed E-state index contributed by atoms with van der Waals surface area (Å²) in [4.78, 5) is 22.8. The first kappa shape index (κ1) is 9.94. The van der Waals surface area contributed by atoms with Gasteiger partial charge in [0.15, 0.2) is 0 Å². The van der Waals surface area contributed by atoms with E-state index in [1.54, 1.807) is 7.05 Å². The molecule has 0 aromatic carbocycles. The second-order valence-electron chi connectivity index (χ2n) is 2.46. The Morgan fingerprint density at radius 1 is 1.45 bits per heavy atom. The average molecular weight is 158 g/mol. The van der Waals surface area contributed by atoms with Gasteiger partial charge in [-0.15, -0.1) is 0 Å². The fourth-order valence-electron chi connectivity index (χ4n) is 0.744. The maximum atomic E-state index is 11.0. The van der Waals surface area contributed by atoms with E-state index in [1.807, 2.05) is 6.92 Å². The van der Waals surface area contributed by atoms with E-state index >= 15 is 0 Å². The predicted molar refractivity (Wildman–Crippen MR) is 41.7 cm³/mol. The Morgan fingerprint density at radius 3 is 2.36 bits per heavy atom. The molecule has 0 radical (unpaired) electrons. The van der Waals surface area contributed by atoms with Gasteiger partial charge in [0, 0.05) is 13.6 Å². The third-order valence-corrected chi connectivity index (χ3v) is 1.31. The van der Waals surface area contributed by atoms with Gasteiger partial charge in [0.05, 0.1) is 0 Å². The van der Waals surface area contributed by atoms with Crippen LogP contribution in [-0.4, -0.2) is 30.3 Å².